The molecule has 0 bridgehead atoms. The van der Waals surface area contributed by atoms with Gasteiger partial charge >= 0.3 is 0 Å². The molecule has 3 N–H and O–H groups in total. The molecule has 1 aliphatic rings. The van der Waals surface area contributed by atoms with E-state index >= 15 is 0 Å². The number of aromatic hydroxyl groups is 1. The van der Waals surface area contributed by atoms with E-state index in [1.165, 1.54) is 12.1 Å². The van der Waals surface area contributed by atoms with Gasteiger partial charge in [-0.15, -0.1) is 0 Å². The zero-order valence-corrected chi connectivity index (χ0v) is 13.9. The van der Waals surface area contributed by atoms with Crippen LogP contribution in [0.15, 0.2) is 46.9 Å². The monoisotopic (exact) mass is 392 g/mol. The molecule has 0 fully saturated rings. The number of carbonyl (C=O) groups excluding carboxylic acids is 2. The molecule has 0 aliphatic carbocycles. The van der Waals surface area contributed by atoms with Crippen molar-refractivity contribution in [3.05, 3.63) is 52.5 Å². The first-order chi connectivity index (χ1) is 11.5. The smallest absolute Gasteiger partial charge is 0.283 e. The number of benzene rings is 2. The third-order valence-corrected chi connectivity index (χ3v) is 3.80. The number of ether oxygens (including phenoxy) is 2. The fourth-order valence-electron chi connectivity index (χ4n) is 2.11. The van der Waals surface area contributed by atoms with Crippen LogP contribution in [-0.2, 0) is 4.79 Å². The molecule has 0 unspecified atom stereocenters. The number of hydrazine groups is 1. The van der Waals surface area contributed by atoms with E-state index in [1.54, 1.807) is 30.3 Å². The predicted octanol–water partition coefficient (Wildman–Crippen LogP) is 1.76. The fourth-order valence-corrected chi connectivity index (χ4v) is 2.47. The molecule has 24 heavy (non-hydrogen) atoms. The molecule has 0 saturated heterocycles. The van der Waals surface area contributed by atoms with E-state index in [0.29, 0.717) is 16.0 Å². The number of amides is 2. The molecular formula is C16H13BrN2O5. The number of hydrogen-bond acceptors (Lipinski definition) is 5. The molecule has 124 valence electrons. The fraction of sp³-hybridized carbons (Fsp3) is 0.125. The molecule has 3 rings (SSSR count). The van der Waals surface area contributed by atoms with Crippen molar-refractivity contribution in [1.29, 1.82) is 0 Å². The van der Waals surface area contributed by atoms with Crippen LogP contribution in [0.1, 0.15) is 10.4 Å². The summed E-state index contributed by atoms with van der Waals surface area (Å²) in [5.74, 6) is -0.396. The van der Waals surface area contributed by atoms with E-state index < -0.39 is 17.9 Å². The summed E-state index contributed by atoms with van der Waals surface area (Å²) in [5.41, 5.74) is 4.52. The molecule has 8 heteroatoms. The number of hydrogen-bond donors (Lipinski definition) is 3. The highest BCUT2D eigenvalue weighted by atomic mass is 79.9. The highest BCUT2D eigenvalue weighted by molar-refractivity contribution is 9.10. The first-order valence-electron chi connectivity index (χ1n) is 7.02. The lowest BCUT2D eigenvalue weighted by atomic mass is 10.2. The Hall–Kier alpha value is -2.74. The molecule has 0 aromatic heterocycles. The maximum Gasteiger partial charge on any atom is 0.283 e. The molecule has 0 radical (unpaired) electrons. The van der Waals surface area contributed by atoms with Gasteiger partial charge in [0.25, 0.3) is 11.8 Å². The largest absolute Gasteiger partial charge is 0.507 e. The van der Waals surface area contributed by atoms with Gasteiger partial charge in [-0.1, -0.05) is 28.1 Å². The van der Waals surface area contributed by atoms with Gasteiger partial charge in [0, 0.05) is 4.47 Å². The second kappa shape index (κ2) is 6.79. The zero-order chi connectivity index (χ0) is 17.1. The Morgan fingerprint density at radius 2 is 1.88 bits per heavy atom. The minimum absolute atomic E-state index is 0.0239. The molecule has 0 saturated carbocycles. The van der Waals surface area contributed by atoms with Crippen molar-refractivity contribution in [3.63, 3.8) is 0 Å². The van der Waals surface area contributed by atoms with Crippen LogP contribution in [0.2, 0.25) is 0 Å². The quantitative estimate of drug-likeness (QED) is 0.676. The van der Waals surface area contributed by atoms with Crippen molar-refractivity contribution in [2.45, 2.75) is 6.10 Å². The number of fused-ring (bicyclic) bond motifs is 1. The van der Waals surface area contributed by atoms with Crippen molar-refractivity contribution in [2.24, 2.45) is 0 Å². The van der Waals surface area contributed by atoms with Crippen molar-refractivity contribution >= 4 is 27.7 Å². The van der Waals surface area contributed by atoms with Gasteiger partial charge in [0.1, 0.15) is 12.4 Å². The number of nitrogens with one attached hydrogen (secondary N) is 2. The SMILES string of the molecule is O=C(NNC(=O)[C@H]1COc2ccccc2O1)c1cc(Br)ccc1O. The minimum Gasteiger partial charge on any atom is -0.507 e. The Morgan fingerprint density at radius 3 is 2.67 bits per heavy atom. The van der Waals surface area contributed by atoms with Crippen LogP contribution in [0.3, 0.4) is 0 Å². The molecule has 2 aromatic rings. The number of phenols is 1. The van der Waals surface area contributed by atoms with Gasteiger partial charge in [-0.3, -0.25) is 20.4 Å². The normalized spacial score (nSPS) is 15.5. The summed E-state index contributed by atoms with van der Waals surface area (Å²) in [5, 5.41) is 9.69. The van der Waals surface area contributed by atoms with Crippen LogP contribution >= 0.6 is 15.9 Å². The highest BCUT2D eigenvalue weighted by Gasteiger charge is 2.27. The number of carbonyl (C=O) groups is 2. The van der Waals surface area contributed by atoms with Crippen molar-refractivity contribution < 1.29 is 24.2 Å². The Kier molecular flexibility index (Phi) is 4.57. The lowest BCUT2D eigenvalue weighted by molar-refractivity contribution is -0.131. The van der Waals surface area contributed by atoms with Gasteiger partial charge in [0.15, 0.2) is 11.5 Å². The number of rotatable bonds is 2. The molecule has 2 aromatic carbocycles. The van der Waals surface area contributed by atoms with Crippen LogP contribution in [-0.4, -0.2) is 29.6 Å². The highest BCUT2D eigenvalue weighted by Crippen LogP contribution is 2.30. The van der Waals surface area contributed by atoms with Crippen LogP contribution in [0.25, 0.3) is 0 Å². The Balaban J connectivity index is 1.60. The molecule has 1 aliphatic heterocycles. The van der Waals surface area contributed by atoms with E-state index in [9.17, 15) is 14.7 Å². The Morgan fingerprint density at radius 1 is 1.12 bits per heavy atom. The molecule has 1 heterocycles. The summed E-state index contributed by atoms with van der Waals surface area (Å²) in [6.07, 6.45) is -0.892. The Bertz CT molecular complexity index is 796. The summed E-state index contributed by atoms with van der Waals surface area (Å²) in [6.45, 7) is 0.0286. The second-order valence-electron chi connectivity index (χ2n) is 4.97. The second-order valence-corrected chi connectivity index (χ2v) is 5.88. The standard InChI is InChI=1S/C16H13BrN2O5/c17-9-5-6-11(20)10(7-9)15(21)18-19-16(22)14-8-23-12-3-1-2-4-13(12)24-14/h1-7,14,20H,8H2,(H,18,21)(H,19,22)/t14-/m1/s1. The molecular weight excluding hydrogens is 380 g/mol. The number of halogens is 1. The van der Waals surface area contributed by atoms with Crippen molar-refractivity contribution in [2.75, 3.05) is 6.61 Å². The lowest BCUT2D eigenvalue weighted by Gasteiger charge is -2.25. The molecule has 1 atom stereocenters. The average molecular weight is 393 g/mol. The van der Waals surface area contributed by atoms with Gasteiger partial charge in [0.05, 0.1) is 5.56 Å². The van der Waals surface area contributed by atoms with Gasteiger partial charge < -0.3 is 14.6 Å². The van der Waals surface area contributed by atoms with Crippen LogP contribution in [0, 0.1) is 0 Å². The van der Waals surface area contributed by atoms with E-state index in [4.69, 9.17) is 9.47 Å². The van der Waals surface area contributed by atoms with E-state index in [2.05, 4.69) is 26.8 Å². The number of para-hydroxylation sites is 2. The van der Waals surface area contributed by atoms with Gasteiger partial charge in [-0.05, 0) is 30.3 Å². The van der Waals surface area contributed by atoms with Gasteiger partial charge in [-0.2, -0.15) is 0 Å². The summed E-state index contributed by atoms with van der Waals surface area (Å²) in [7, 11) is 0. The first-order valence-corrected chi connectivity index (χ1v) is 7.81. The van der Waals surface area contributed by atoms with Crippen molar-refractivity contribution in [1.82, 2.24) is 10.9 Å². The summed E-state index contributed by atoms with van der Waals surface area (Å²) in [4.78, 5) is 24.1. The molecule has 2 amide bonds. The van der Waals surface area contributed by atoms with E-state index in [1.807, 2.05) is 0 Å². The van der Waals surface area contributed by atoms with Crippen LogP contribution in [0.5, 0.6) is 17.2 Å². The molecule has 7 nitrogen and oxygen atoms in total. The zero-order valence-electron chi connectivity index (χ0n) is 12.3. The van der Waals surface area contributed by atoms with Crippen LogP contribution in [0.4, 0.5) is 0 Å². The third kappa shape index (κ3) is 3.43. The number of phenolic OH excluding ortho intramolecular Hbond substituents is 1. The predicted molar refractivity (Wildman–Crippen MR) is 87.8 cm³/mol. The summed E-state index contributed by atoms with van der Waals surface area (Å²) < 4.78 is 11.6. The maximum atomic E-state index is 12.1. The topological polar surface area (TPSA) is 96.9 Å². The van der Waals surface area contributed by atoms with E-state index in [0.717, 1.165) is 0 Å². The third-order valence-electron chi connectivity index (χ3n) is 3.30. The summed E-state index contributed by atoms with van der Waals surface area (Å²) in [6, 6.07) is 11.4. The average Bonchev–Trinajstić information content (AvgIpc) is 2.61. The minimum atomic E-state index is -0.892. The lowest BCUT2D eigenvalue weighted by Crippen LogP contribution is -2.50. The van der Waals surface area contributed by atoms with Gasteiger partial charge in [0.2, 0.25) is 6.10 Å². The van der Waals surface area contributed by atoms with Gasteiger partial charge in [-0.25, -0.2) is 0 Å². The Labute approximate surface area is 145 Å². The van der Waals surface area contributed by atoms with E-state index in [-0.39, 0.29) is 17.9 Å². The maximum absolute atomic E-state index is 12.1. The van der Waals surface area contributed by atoms with Crippen molar-refractivity contribution in [3.8, 4) is 17.2 Å². The summed E-state index contributed by atoms with van der Waals surface area (Å²) >= 11 is 3.21. The van der Waals surface area contributed by atoms with Crippen LogP contribution < -0.4 is 20.3 Å². The first kappa shape index (κ1) is 16.1. The molecule has 0 spiro atoms.